The van der Waals surface area contributed by atoms with Crippen molar-refractivity contribution in [3.63, 3.8) is 0 Å². The van der Waals surface area contributed by atoms with E-state index in [-0.39, 0.29) is 5.82 Å². The maximum atomic E-state index is 13.3. The molecule has 72 valence electrons. The van der Waals surface area contributed by atoms with E-state index in [0.29, 0.717) is 0 Å². The molecule has 0 spiro atoms. The van der Waals surface area contributed by atoms with Gasteiger partial charge in [-0.3, -0.25) is 0 Å². The molecule has 0 saturated carbocycles. The average molecular weight is 245 g/mol. The minimum atomic E-state index is -0.0606. The van der Waals surface area contributed by atoms with Crippen LogP contribution in [-0.4, -0.2) is 5.33 Å². The van der Waals surface area contributed by atoms with Crippen molar-refractivity contribution >= 4 is 15.9 Å². The van der Waals surface area contributed by atoms with Crippen LogP contribution in [0.25, 0.3) is 0 Å². The van der Waals surface area contributed by atoms with Crippen molar-refractivity contribution < 1.29 is 4.39 Å². The first kappa shape index (κ1) is 10.7. The van der Waals surface area contributed by atoms with E-state index >= 15 is 0 Å². The van der Waals surface area contributed by atoms with Crippen LogP contribution in [0.5, 0.6) is 0 Å². The van der Waals surface area contributed by atoms with E-state index in [1.54, 1.807) is 6.07 Å². The Morgan fingerprint density at radius 1 is 1.38 bits per heavy atom. The first-order valence-corrected chi connectivity index (χ1v) is 5.74. The Morgan fingerprint density at radius 3 is 2.77 bits per heavy atom. The molecule has 0 nitrogen and oxygen atoms in total. The minimum Gasteiger partial charge on any atom is -0.207 e. The van der Waals surface area contributed by atoms with Gasteiger partial charge in [-0.2, -0.15) is 0 Å². The first-order valence-electron chi connectivity index (χ1n) is 4.61. The molecule has 0 amide bonds. The van der Waals surface area contributed by atoms with E-state index in [4.69, 9.17) is 0 Å². The fourth-order valence-electron chi connectivity index (χ4n) is 1.49. The summed E-state index contributed by atoms with van der Waals surface area (Å²) in [6, 6.07) is 5.35. The molecule has 1 aromatic carbocycles. The zero-order valence-electron chi connectivity index (χ0n) is 7.82. The quantitative estimate of drug-likeness (QED) is 0.709. The zero-order chi connectivity index (χ0) is 9.68. The predicted molar refractivity (Wildman–Crippen MR) is 57.9 cm³/mol. The lowest BCUT2D eigenvalue weighted by Crippen LogP contribution is -1.97. The van der Waals surface area contributed by atoms with Gasteiger partial charge < -0.3 is 0 Å². The van der Waals surface area contributed by atoms with Crippen LogP contribution in [0.4, 0.5) is 4.39 Å². The summed E-state index contributed by atoms with van der Waals surface area (Å²) >= 11 is 3.38. The van der Waals surface area contributed by atoms with Crippen molar-refractivity contribution in [2.24, 2.45) is 0 Å². The molecule has 13 heavy (non-hydrogen) atoms. The van der Waals surface area contributed by atoms with Crippen LogP contribution in [0.2, 0.25) is 0 Å². The predicted octanol–water partition coefficient (Wildman–Crippen LogP) is 3.72. The maximum Gasteiger partial charge on any atom is 0.126 e. The summed E-state index contributed by atoms with van der Waals surface area (Å²) in [7, 11) is 0. The molecule has 1 rings (SSSR count). The van der Waals surface area contributed by atoms with Gasteiger partial charge >= 0.3 is 0 Å². The van der Waals surface area contributed by atoms with Crippen molar-refractivity contribution in [2.45, 2.75) is 26.2 Å². The van der Waals surface area contributed by atoms with Gasteiger partial charge in [-0.05, 0) is 36.5 Å². The van der Waals surface area contributed by atoms with Crippen molar-refractivity contribution in [1.82, 2.24) is 0 Å². The van der Waals surface area contributed by atoms with Gasteiger partial charge in [0.05, 0.1) is 0 Å². The number of hydrogen-bond donors (Lipinski definition) is 0. The Kier molecular flexibility index (Phi) is 4.43. The van der Waals surface area contributed by atoms with Crippen LogP contribution >= 0.6 is 15.9 Å². The van der Waals surface area contributed by atoms with Crippen LogP contribution in [-0.2, 0) is 12.8 Å². The van der Waals surface area contributed by atoms with Gasteiger partial charge in [0.2, 0.25) is 0 Å². The number of rotatable bonds is 4. The van der Waals surface area contributed by atoms with E-state index in [1.807, 2.05) is 13.0 Å². The fraction of sp³-hybridized carbons (Fsp3) is 0.455. The second-order valence-electron chi connectivity index (χ2n) is 3.02. The summed E-state index contributed by atoms with van der Waals surface area (Å²) in [6.07, 6.45) is 2.81. The van der Waals surface area contributed by atoms with Gasteiger partial charge in [0, 0.05) is 5.33 Å². The molecule has 0 bridgehead atoms. The number of halogens is 2. The summed E-state index contributed by atoms with van der Waals surface area (Å²) in [4.78, 5) is 0. The number of benzene rings is 1. The first-order chi connectivity index (χ1) is 6.29. The Hall–Kier alpha value is -0.370. The van der Waals surface area contributed by atoms with Gasteiger partial charge in [-0.25, -0.2) is 4.39 Å². The molecule has 0 atom stereocenters. The summed E-state index contributed by atoms with van der Waals surface area (Å²) < 4.78 is 13.3. The molecule has 0 aliphatic carbocycles. The molecular weight excluding hydrogens is 231 g/mol. The highest BCUT2D eigenvalue weighted by Gasteiger charge is 2.04. The van der Waals surface area contributed by atoms with Crippen LogP contribution in [0.3, 0.4) is 0 Å². The minimum absolute atomic E-state index is 0.0606. The van der Waals surface area contributed by atoms with Crippen molar-refractivity contribution in [1.29, 1.82) is 0 Å². The van der Waals surface area contributed by atoms with Gasteiger partial charge in [0.15, 0.2) is 0 Å². The molecule has 0 saturated heterocycles. The molecule has 2 heteroatoms. The lowest BCUT2D eigenvalue weighted by Gasteiger charge is -2.07. The SMILES string of the molecule is CCc1c(F)cccc1CCCBr. The third-order valence-electron chi connectivity index (χ3n) is 2.15. The molecular formula is C11H14BrF. The van der Waals surface area contributed by atoms with Crippen LogP contribution < -0.4 is 0 Å². The van der Waals surface area contributed by atoms with Gasteiger partial charge in [-0.1, -0.05) is 35.0 Å². The molecule has 0 heterocycles. The second-order valence-corrected chi connectivity index (χ2v) is 3.82. The molecule has 0 unspecified atom stereocenters. The standard InChI is InChI=1S/C11H14BrF/c1-2-10-9(6-4-8-12)5-3-7-11(10)13/h3,5,7H,2,4,6,8H2,1H3. The van der Waals surface area contributed by atoms with E-state index < -0.39 is 0 Å². The van der Waals surface area contributed by atoms with Gasteiger partial charge in [-0.15, -0.1) is 0 Å². The summed E-state index contributed by atoms with van der Waals surface area (Å²) in [5.41, 5.74) is 2.03. The second kappa shape index (κ2) is 5.38. The highest BCUT2D eigenvalue weighted by atomic mass is 79.9. The Balaban J connectivity index is 2.85. The Morgan fingerprint density at radius 2 is 2.15 bits per heavy atom. The number of hydrogen-bond acceptors (Lipinski definition) is 0. The zero-order valence-corrected chi connectivity index (χ0v) is 9.40. The van der Waals surface area contributed by atoms with Crippen molar-refractivity contribution in [3.8, 4) is 0 Å². The van der Waals surface area contributed by atoms with E-state index in [1.165, 1.54) is 6.07 Å². The average Bonchev–Trinajstić information content (AvgIpc) is 2.15. The van der Waals surface area contributed by atoms with Crippen molar-refractivity contribution in [2.75, 3.05) is 5.33 Å². The van der Waals surface area contributed by atoms with Crippen LogP contribution in [0, 0.1) is 5.82 Å². The highest BCUT2D eigenvalue weighted by molar-refractivity contribution is 9.09. The van der Waals surface area contributed by atoms with Crippen LogP contribution in [0.1, 0.15) is 24.5 Å². The number of alkyl halides is 1. The third-order valence-corrected chi connectivity index (χ3v) is 2.71. The molecule has 0 aliphatic heterocycles. The molecule has 0 radical (unpaired) electrons. The lowest BCUT2D eigenvalue weighted by atomic mass is 10.0. The van der Waals surface area contributed by atoms with Crippen LogP contribution in [0.15, 0.2) is 18.2 Å². The maximum absolute atomic E-state index is 13.3. The lowest BCUT2D eigenvalue weighted by molar-refractivity contribution is 0.608. The molecule has 0 aromatic heterocycles. The number of aryl methyl sites for hydroxylation is 1. The highest BCUT2D eigenvalue weighted by Crippen LogP contribution is 2.16. The Labute approximate surface area is 87.3 Å². The van der Waals surface area contributed by atoms with Gasteiger partial charge in [0.25, 0.3) is 0 Å². The molecule has 0 aliphatic rings. The monoisotopic (exact) mass is 244 g/mol. The smallest absolute Gasteiger partial charge is 0.126 e. The molecule has 0 N–H and O–H groups in total. The topological polar surface area (TPSA) is 0 Å². The van der Waals surface area contributed by atoms with Gasteiger partial charge in [0.1, 0.15) is 5.82 Å². The summed E-state index contributed by atoms with van der Waals surface area (Å²) in [5, 5.41) is 0.979. The largest absolute Gasteiger partial charge is 0.207 e. The van der Waals surface area contributed by atoms with Crippen molar-refractivity contribution in [3.05, 3.63) is 35.1 Å². The summed E-state index contributed by atoms with van der Waals surface area (Å²) in [6.45, 7) is 2.00. The molecule has 0 fully saturated rings. The summed E-state index contributed by atoms with van der Waals surface area (Å²) in [5.74, 6) is -0.0606. The van der Waals surface area contributed by atoms with E-state index in [2.05, 4.69) is 15.9 Å². The normalized spacial score (nSPS) is 10.4. The Bertz CT molecular complexity index is 271. The molecule has 1 aromatic rings. The fourth-order valence-corrected chi connectivity index (χ4v) is 1.77. The van der Waals surface area contributed by atoms with E-state index in [0.717, 1.165) is 35.7 Å². The van der Waals surface area contributed by atoms with E-state index in [9.17, 15) is 4.39 Å². The third kappa shape index (κ3) is 2.80.